The van der Waals surface area contributed by atoms with E-state index in [2.05, 4.69) is 45.5 Å². The van der Waals surface area contributed by atoms with Crippen LogP contribution in [-0.4, -0.2) is 0 Å². The Balaban J connectivity index is 2.59. The minimum atomic E-state index is 1.14. The third kappa shape index (κ3) is 3.52. The summed E-state index contributed by atoms with van der Waals surface area (Å²) in [5.74, 6) is 0. The van der Waals surface area contributed by atoms with E-state index in [-0.39, 0.29) is 0 Å². The van der Waals surface area contributed by atoms with Gasteiger partial charge in [-0.05, 0) is 49.0 Å². The average Bonchev–Trinajstić information content (AvgIpc) is 2.24. The monoisotopic (exact) mass is 216 g/mol. The van der Waals surface area contributed by atoms with E-state index in [0.717, 1.165) is 6.42 Å². The lowest BCUT2D eigenvalue weighted by molar-refractivity contribution is 0.678. The highest BCUT2D eigenvalue weighted by Crippen LogP contribution is 2.25. The molecule has 1 aromatic rings. The molecule has 0 saturated heterocycles. The molecule has 0 radical (unpaired) electrons. The van der Waals surface area contributed by atoms with Crippen LogP contribution in [0.4, 0.5) is 0 Å². The first-order valence-corrected chi connectivity index (χ1v) is 6.41. The van der Waals surface area contributed by atoms with E-state index < -0.39 is 0 Å². The topological polar surface area (TPSA) is 0 Å². The molecule has 1 aromatic carbocycles. The Kier molecular flexibility index (Phi) is 5.31. The Morgan fingerprint density at radius 1 is 1.06 bits per heavy atom. The van der Waals surface area contributed by atoms with Crippen molar-refractivity contribution in [2.75, 3.05) is 0 Å². The van der Waals surface area contributed by atoms with Crippen molar-refractivity contribution in [1.82, 2.24) is 0 Å². The maximum atomic E-state index is 4.24. The summed E-state index contributed by atoms with van der Waals surface area (Å²) < 4.78 is 0. The van der Waals surface area contributed by atoms with Crippen molar-refractivity contribution in [2.45, 2.75) is 52.9 Å². The van der Waals surface area contributed by atoms with Crippen LogP contribution in [0.2, 0.25) is 0 Å². The van der Waals surface area contributed by atoms with Crippen LogP contribution in [0.3, 0.4) is 0 Å². The summed E-state index contributed by atoms with van der Waals surface area (Å²) in [6, 6.07) is 6.48. The van der Waals surface area contributed by atoms with Crippen molar-refractivity contribution >= 4 is 5.57 Å². The molecule has 0 nitrogen and oxygen atoms in total. The number of hydrogen-bond donors (Lipinski definition) is 0. The second kappa shape index (κ2) is 6.52. The first kappa shape index (κ1) is 13.0. The Morgan fingerprint density at radius 2 is 1.69 bits per heavy atom. The van der Waals surface area contributed by atoms with Gasteiger partial charge in [-0.1, -0.05) is 51.0 Å². The van der Waals surface area contributed by atoms with E-state index in [0.29, 0.717) is 0 Å². The van der Waals surface area contributed by atoms with Gasteiger partial charge >= 0.3 is 0 Å². The zero-order valence-corrected chi connectivity index (χ0v) is 11.0. The van der Waals surface area contributed by atoms with Gasteiger partial charge in [-0.3, -0.25) is 0 Å². The molecule has 0 saturated carbocycles. The molecule has 0 aliphatic carbocycles. The van der Waals surface area contributed by atoms with Crippen molar-refractivity contribution in [3.8, 4) is 0 Å². The molecule has 0 fully saturated rings. The molecule has 0 amide bonds. The number of rotatable bonds is 6. The van der Waals surface area contributed by atoms with Crippen molar-refractivity contribution in [2.24, 2.45) is 0 Å². The number of hydrogen-bond acceptors (Lipinski definition) is 0. The van der Waals surface area contributed by atoms with Gasteiger partial charge in [0.2, 0.25) is 0 Å². The van der Waals surface area contributed by atoms with E-state index in [4.69, 9.17) is 0 Å². The van der Waals surface area contributed by atoms with Crippen molar-refractivity contribution < 1.29 is 0 Å². The molecule has 0 aliphatic heterocycles. The average molecular weight is 216 g/mol. The summed E-state index contributed by atoms with van der Waals surface area (Å²) in [5, 5.41) is 0. The van der Waals surface area contributed by atoms with Gasteiger partial charge in [-0.25, -0.2) is 0 Å². The van der Waals surface area contributed by atoms with Gasteiger partial charge in [-0.2, -0.15) is 0 Å². The molecular formula is C16H24. The zero-order chi connectivity index (χ0) is 12.0. The lowest BCUT2D eigenvalue weighted by Gasteiger charge is -2.12. The summed E-state index contributed by atoms with van der Waals surface area (Å²) in [4.78, 5) is 0. The highest BCUT2D eigenvalue weighted by atomic mass is 14.1. The quantitative estimate of drug-likeness (QED) is 0.567. The highest BCUT2D eigenvalue weighted by molar-refractivity contribution is 5.68. The zero-order valence-electron chi connectivity index (χ0n) is 11.0. The first-order chi connectivity index (χ1) is 7.66. The second-order valence-corrected chi connectivity index (χ2v) is 4.68. The van der Waals surface area contributed by atoms with E-state index in [1.807, 2.05) is 0 Å². The minimum absolute atomic E-state index is 1.14. The van der Waals surface area contributed by atoms with E-state index in [1.165, 1.54) is 47.9 Å². The largest absolute Gasteiger partial charge is 0.0952 e. The van der Waals surface area contributed by atoms with Gasteiger partial charge < -0.3 is 0 Å². The van der Waals surface area contributed by atoms with E-state index in [1.54, 1.807) is 0 Å². The van der Waals surface area contributed by atoms with Gasteiger partial charge in [-0.15, -0.1) is 0 Å². The highest BCUT2D eigenvalue weighted by Gasteiger charge is 2.05. The fourth-order valence-corrected chi connectivity index (χ4v) is 2.26. The predicted octanol–water partition coefficient (Wildman–Crippen LogP) is 5.29. The minimum Gasteiger partial charge on any atom is -0.0952 e. The van der Waals surface area contributed by atoms with Crippen LogP contribution in [0.1, 0.15) is 55.7 Å². The first-order valence-electron chi connectivity index (χ1n) is 6.41. The van der Waals surface area contributed by atoms with Crippen LogP contribution >= 0.6 is 0 Å². The summed E-state index contributed by atoms with van der Waals surface area (Å²) in [5.41, 5.74) is 5.42. The molecule has 0 aliphatic rings. The standard InChI is InChI=1S/C16H24/c1-5-6-7-8-10-13(2)16-14(3)11-9-12-15(16)4/h9,11-12H,2,5-8,10H2,1,3-4H3. The second-order valence-electron chi connectivity index (χ2n) is 4.68. The smallest absolute Gasteiger partial charge is 0.0172 e. The van der Waals surface area contributed by atoms with Gasteiger partial charge in [0.25, 0.3) is 0 Å². The van der Waals surface area contributed by atoms with Crippen LogP contribution in [0.5, 0.6) is 0 Å². The molecule has 0 spiro atoms. The Morgan fingerprint density at radius 3 is 2.25 bits per heavy atom. The molecule has 0 aromatic heterocycles. The summed E-state index contributed by atoms with van der Waals surface area (Å²) >= 11 is 0. The van der Waals surface area contributed by atoms with Gasteiger partial charge in [0.05, 0.1) is 0 Å². The molecule has 0 bridgehead atoms. The molecule has 16 heavy (non-hydrogen) atoms. The third-order valence-electron chi connectivity index (χ3n) is 3.17. The summed E-state index contributed by atoms with van der Waals surface area (Å²) in [6.45, 7) is 10.9. The Labute approximate surface area is 100 Å². The van der Waals surface area contributed by atoms with Gasteiger partial charge in [0.1, 0.15) is 0 Å². The van der Waals surface area contributed by atoms with Crippen LogP contribution in [-0.2, 0) is 0 Å². The van der Waals surface area contributed by atoms with E-state index >= 15 is 0 Å². The number of benzene rings is 1. The number of allylic oxidation sites excluding steroid dienone is 1. The SMILES string of the molecule is C=C(CCCCCC)c1c(C)cccc1C. The Hall–Kier alpha value is -1.04. The van der Waals surface area contributed by atoms with Crippen molar-refractivity contribution in [3.05, 3.63) is 41.5 Å². The molecular weight excluding hydrogens is 192 g/mol. The molecule has 88 valence electrons. The third-order valence-corrected chi connectivity index (χ3v) is 3.17. The number of unbranched alkanes of at least 4 members (excludes halogenated alkanes) is 3. The normalized spacial score (nSPS) is 10.4. The molecule has 0 atom stereocenters. The van der Waals surface area contributed by atoms with Crippen molar-refractivity contribution in [1.29, 1.82) is 0 Å². The maximum absolute atomic E-state index is 4.24. The van der Waals surface area contributed by atoms with E-state index in [9.17, 15) is 0 Å². The van der Waals surface area contributed by atoms with Crippen molar-refractivity contribution in [3.63, 3.8) is 0 Å². The van der Waals surface area contributed by atoms with Gasteiger partial charge in [0.15, 0.2) is 0 Å². The number of aryl methyl sites for hydroxylation is 2. The molecule has 1 rings (SSSR count). The molecule has 0 unspecified atom stereocenters. The predicted molar refractivity (Wildman–Crippen MR) is 73.7 cm³/mol. The lowest BCUT2D eigenvalue weighted by Crippen LogP contribution is -1.92. The Bertz CT molecular complexity index is 327. The summed E-state index contributed by atoms with van der Waals surface area (Å²) in [7, 11) is 0. The van der Waals surface area contributed by atoms with Gasteiger partial charge in [0, 0.05) is 0 Å². The fraction of sp³-hybridized carbons (Fsp3) is 0.500. The summed E-state index contributed by atoms with van der Waals surface area (Å²) in [6.07, 6.45) is 6.41. The molecule has 0 heteroatoms. The maximum Gasteiger partial charge on any atom is -0.0172 e. The van der Waals surface area contributed by atoms with Crippen LogP contribution in [0, 0.1) is 13.8 Å². The molecule has 0 N–H and O–H groups in total. The molecule has 0 heterocycles. The fourth-order valence-electron chi connectivity index (χ4n) is 2.26. The van der Waals surface area contributed by atoms with Crippen LogP contribution in [0.25, 0.3) is 5.57 Å². The van der Waals surface area contributed by atoms with Crippen LogP contribution in [0.15, 0.2) is 24.8 Å². The van der Waals surface area contributed by atoms with Crippen LogP contribution < -0.4 is 0 Å². The lowest BCUT2D eigenvalue weighted by atomic mass is 9.93.